The topological polar surface area (TPSA) is 76.8 Å². The maximum Gasteiger partial charge on any atom is 0.233 e. The molecule has 1 amide bonds. The van der Waals surface area contributed by atoms with Crippen LogP contribution in [0, 0.1) is 6.92 Å². The van der Waals surface area contributed by atoms with Crippen molar-refractivity contribution >= 4 is 23.3 Å². The molecule has 4 aromatic rings. The van der Waals surface area contributed by atoms with Gasteiger partial charge < -0.3 is 0 Å². The number of aromatic nitrogens is 5. The molecule has 1 aliphatic heterocycles. The summed E-state index contributed by atoms with van der Waals surface area (Å²) in [5, 5.41) is 4.77. The van der Waals surface area contributed by atoms with Crippen LogP contribution in [0.15, 0.2) is 54.9 Å². The van der Waals surface area contributed by atoms with Gasteiger partial charge in [-0.25, -0.2) is 14.6 Å². The van der Waals surface area contributed by atoms with Crippen molar-refractivity contribution in [2.45, 2.75) is 39.7 Å². The molecule has 3 aromatic heterocycles. The normalized spacial score (nSPS) is 13.1. The predicted molar refractivity (Wildman–Crippen MR) is 128 cm³/mol. The highest BCUT2D eigenvalue weighted by atomic mass is 35.5. The average Bonchev–Trinajstić information content (AvgIpc) is 3.31. The van der Waals surface area contributed by atoms with E-state index in [4.69, 9.17) is 16.6 Å². The summed E-state index contributed by atoms with van der Waals surface area (Å²) < 4.78 is 1.79. The molecule has 0 spiro atoms. The first-order chi connectivity index (χ1) is 15.9. The van der Waals surface area contributed by atoms with E-state index in [0.29, 0.717) is 29.8 Å². The largest absolute Gasteiger partial charge is 0.292 e. The number of fused-ring (bicyclic) bond motifs is 1. The second-order valence-electron chi connectivity index (χ2n) is 8.48. The third-order valence-corrected chi connectivity index (χ3v) is 5.93. The van der Waals surface area contributed by atoms with Gasteiger partial charge in [0.2, 0.25) is 5.91 Å². The Morgan fingerprint density at radius 1 is 1.12 bits per heavy atom. The number of halogens is 1. The van der Waals surface area contributed by atoms with Crippen molar-refractivity contribution in [3.63, 3.8) is 0 Å². The number of anilines is 1. The number of hydrogen-bond acceptors (Lipinski definition) is 5. The van der Waals surface area contributed by atoms with E-state index < -0.39 is 0 Å². The number of nitrogens with zero attached hydrogens (tertiary/aromatic N) is 6. The van der Waals surface area contributed by atoms with Gasteiger partial charge in [0, 0.05) is 29.2 Å². The number of aryl methyl sites for hydroxylation is 1. The molecule has 0 aliphatic carbocycles. The quantitative estimate of drug-likeness (QED) is 0.425. The zero-order chi connectivity index (χ0) is 23.1. The van der Waals surface area contributed by atoms with Gasteiger partial charge in [-0.2, -0.15) is 5.10 Å². The van der Waals surface area contributed by atoms with Crippen molar-refractivity contribution in [3.8, 4) is 17.1 Å². The fourth-order valence-electron chi connectivity index (χ4n) is 4.12. The van der Waals surface area contributed by atoms with Crippen LogP contribution in [0.2, 0.25) is 5.15 Å². The van der Waals surface area contributed by atoms with Gasteiger partial charge in [-0.05, 0) is 48.7 Å². The third kappa shape index (κ3) is 4.00. The van der Waals surface area contributed by atoms with Crippen LogP contribution in [-0.4, -0.2) is 30.6 Å². The molecule has 166 valence electrons. The van der Waals surface area contributed by atoms with Crippen LogP contribution < -0.4 is 4.90 Å². The third-order valence-electron chi connectivity index (χ3n) is 5.75. The molecule has 0 unspecified atom stereocenters. The van der Waals surface area contributed by atoms with E-state index in [1.165, 1.54) is 0 Å². The van der Waals surface area contributed by atoms with Gasteiger partial charge >= 0.3 is 0 Å². The van der Waals surface area contributed by atoms with E-state index in [1.807, 2.05) is 49.4 Å². The summed E-state index contributed by atoms with van der Waals surface area (Å²) in [6, 6.07) is 13.6. The Balaban J connectivity index is 1.44. The predicted octanol–water partition coefficient (Wildman–Crippen LogP) is 4.90. The van der Waals surface area contributed by atoms with E-state index in [1.54, 1.807) is 22.0 Å². The van der Waals surface area contributed by atoms with Crippen LogP contribution in [0.25, 0.3) is 17.1 Å². The number of hydrogen-bond donors (Lipinski definition) is 0. The lowest BCUT2D eigenvalue weighted by atomic mass is 10.0. The molecule has 5 rings (SSSR count). The number of pyridine rings is 1. The van der Waals surface area contributed by atoms with E-state index in [2.05, 4.69) is 28.9 Å². The Hall–Kier alpha value is -3.58. The molecular weight excluding hydrogens is 436 g/mol. The fraction of sp³-hybridized carbons (Fsp3) is 0.240. The Labute approximate surface area is 197 Å². The number of carbonyl (C=O) groups is 1. The highest BCUT2D eigenvalue weighted by Gasteiger charge is 2.30. The summed E-state index contributed by atoms with van der Waals surface area (Å²) >= 11 is 6.02. The second-order valence-corrected chi connectivity index (χ2v) is 8.86. The van der Waals surface area contributed by atoms with Crippen molar-refractivity contribution in [2.24, 2.45) is 0 Å². The highest BCUT2D eigenvalue weighted by molar-refractivity contribution is 6.29. The van der Waals surface area contributed by atoms with Crippen LogP contribution in [0.3, 0.4) is 0 Å². The zero-order valence-corrected chi connectivity index (χ0v) is 19.4. The average molecular weight is 459 g/mol. The Bertz CT molecular complexity index is 1350. The highest BCUT2D eigenvalue weighted by Crippen LogP contribution is 2.32. The fourth-order valence-corrected chi connectivity index (χ4v) is 4.35. The summed E-state index contributed by atoms with van der Waals surface area (Å²) in [5.41, 5.74) is 5.55. The monoisotopic (exact) mass is 458 g/mol. The summed E-state index contributed by atoms with van der Waals surface area (Å²) in [5.74, 6) is 1.52. The molecular formula is C25H23ClN6O. The Morgan fingerprint density at radius 3 is 2.61 bits per heavy atom. The van der Waals surface area contributed by atoms with Gasteiger partial charge in [-0.15, -0.1) is 0 Å². The molecule has 1 aromatic carbocycles. The van der Waals surface area contributed by atoms with Gasteiger partial charge in [0.05, 0.1) is 24.3 Å². The molecule has 7 nitrogen and oxygen atoms in total. The molecule has 0 bridgehead atoms. The molecule has 0 fully saturated rings. The molecule has 33 heavy (non-hydrogen) atoms. The first-order valence-corrected chi connectivity index (χ1v) is 11.2. The molecule has 0 N–H and O–H groups in total. The van der Waals surface area contributed by atoms with Gasteiger partial charge in [-0.1, -0.05) is 37.6 Å². The molecule has 1 aliphatic rings. The van der Waals surface area contributed by atoms with Gasteiger partial charge in [0.1, 0.15) is 5.82 Å². The molecule has 0 saturated heterocycles. The van der Waals surface area contributed by atoms with Crippen molar-refractivity contribution in [1.29, 1.82) is 0 Å². The number of amides is 1. The number of rotatable bonds is 5. The summed E-state index contributed by atoms with van der Waals surface area (Å²) in [6.45, 7) is 6.58. The summed E-state index contributed by atoms with van der Waals surface area (Å²) in [7, 11) is 0. The lowest BCUT2D eigenvalue weighted by Crippen LogP contribution is -2.26. The SMILES string of the molecule is Cc1cc(Cl)nn1-c1ccc(CN2C(=O)Cc3cnc(-c4cccnc4C(C)C)nc32)cc1. The Morgan fingerprint density at radius 2 is 1.91 bits per heavy atom. The maximum absolute atomic E-state index is 12.8. The first kappa shape index (κ1) is 21.3. The van der Waals surface area contributed by atoms with Gasteiger partial charge in [-0.3, -0.25) is 14.7 Å². The van der Waals surface area contributed by atoms with Crippen LogP contribution in [-0.2, 0) is 17.8 Å². The summed E-state index contributed by atoms with van der Waals surface area (Å²) in [6.07, 6.45) is 3.85. The number of benzene rings is 1. The van der Waals surface area contributed by atoms with Crippen molar-refractivity contribution < 1.29 is 4.79 Å². The minimum atomic E-state index is 0.0190. The summed E-state index contributed by atoms with van der Waals surface area (Å²) in [4.78, 5) is 28.4. The lowest BCUT2D eigenvalue weighted by Gasteiger charge is -2.18. The van der Waals surface area contributed by atoms with E-state index >= 15 is 0 Å². The van der Waals surface area contributed by atoms with Crippen LogP contribution >= 0.6 is 11.6 Å². The Kier molecular flexibility index (Phi) is 5.42. The molecule has 0 atom stereocenters. The molecule has 8 heteroatoms. The number of carbonyl (C=O) groups excluding carboxylic acids is 1. The minimum absolute atomic E-state index is 0.0190. The van der Waals surface area contributed by atoms with Crippen LogP contribution in [0.5, 0.6) is 0 Å². The maximum atomic E-state index is 12.8. The van der Waals surface area contributed by atoms with Gasteiger partial charge in [0.15, 0.2) is 11.0 Å². The smallest absolute Gasteiger partial charge is 0.233 e. The van der Waals surface area contributed by atoms with E-state index in [0.717, 1.165) is 33.8 Å². The molecule has 0 saturated carbocycles. The van der Waals surface area contributed by atoms with Crippen molar-refractivity contribution in [3.05, 3.63) is 82.5 Å². The van der Waals surface area contributed by atoms with Crippen LogP contribution in [0.4, 0.5) is 5.82 Å². The molecule has 4 heterocycles. The zero-order valence-electron chi connectivity index (χ0n) is 18.7. The van der Waals surface area contributed by atoms with Crippen molar-refractivity contribution in [1.82, 2.24) is 24.7 Å². The second kappa shape index (κ2) is 8.41. The van der Waals surface area contributed by atoms with Crippen LogP contribution in [0.1, 0.15) is 42.3 Å². The van der Waals surface area contributed by atoms with E-state index in [9.17, 15) is 4.79 Å². The van der Waals surface area contributed by atoms with E-state index in [-0.39, 0.29) is 11.8 Å². The lowest BCUT2D eigenvalue weighted by molar-refractivity contribution is -0.117. The minimum Gasteiger partial charge on any atom is -0.292 e. The standard InChI is InChI=1S/C25H23ClN6O/c1-15(2)23-20(5-4-10-27-23)24-28-13-18-12-22(33)31(25(18)29-24)14-17-6-8-19(9-7-17)32-16(3)11-21(26)30-32/h4-11,13,15H,12,14H2,1-3H3. The van der Waals surface area contributed by atoms with Gasteiger partial charge in [0.25, 0.3) is 0 Å². The molecule has 0 radical (unpaired) electrons. The van der Waals surface area contributed by atoms with Crippen molar-refractivity contribution in [2.75, 3.05) is 4.90 Å². The first-order valence-electron chi connectivity index (χ1n) is 10.8.